The number of sulfone groups is 1. The van der Waals surface area contributed by atoms with Crippen molar-refractivity contribution in [3.05, 3.63) is 42.6 Å². The van der Waals surface area contributed by atoms with Crippen LogP contribution in [0.4, 0.5) is 5.69 Å². The van der Waals surface area contributed by atoms with Crippen molar-refractivity contribution in [3.8, 4) is 0 Å². The van der Waals surface area contributed by atoms with Gasteiger partial charge in [0.15, 0.2) is 9.84 Å². The van der Waals surface area contributed by atoms with E-state index in [-0.39, 0.29) is 4.90 Å². The van der Waals surface area contributed by atoms with Crippen molar-refractivity contribution in [3.63, 3.8) is 0 Å². The zero-order valence-electron chi connectivity index (χ0n) is 9.70. The summed E-state index contributed by atoms with van der Waals surface area (Å²) in [5, 5.41) is 0.443. The van der Waals surface area contributed by atoms with E-state index in [4.69, 9.17) is 5.73 Å². The number of pyridine rings is 1. The monoisotopic (exact) mass is 280 g/mol. The summed E-state index contributed by atoms with van der Waals surface area (Å²) in [6, 6.07) is 10.4. The number of nitrogens with two attached hydrogens (primary N) is 1. The Hall–Kier alpha value is -1.53. The molecule has 0 aliphatic carbocycles. The smallest absolute Gasteiger partial charge is 0.178 e. The van der Waals surface area contributed by atoms with Crippen molar-refractivity contribution in [2.75, 3.05) is 12.0 Å². The second kappa shape index (κ2) is 4.99. The van der Waals surface area contributed by atoms with E-state index in [1.54, 1.807) is 24.4 Å². The number of hydrogen-bond donors (Lipinski definition) is 1. The number of nitrogens with zero attached hydrogens (tertiary/aromatic N) is 1. The average molecular weight is 280 g/mol. The fourth-order valence-electron chi connectivity index (χ4n) is 1.41. The maximum atomic E-state index is 11.6. The first-order chi connectivity index (χ1) is 8.48. The van der Waals surface area contributed by atoms with Gasteiger partial charge < -0.3 is 5.73 Å². The second-order valence-electron chi connectivity index (χ2n) is 3.72. The first-order valence-corrected chi connectivity index (χ1v) is 7.87. The highest BCUT2D eigenvalue weighted by Crippen LogP contribution is 2.33. The lowest BCUT2D eigenvalue weighted by molar-refractivity contribution is 0.598. The van der Waals surface area contributed by atoms with Crippen LogP contribution < -0.4 is 5.73 Å². The van der Waals surface area contributed by atoms with Gasteiger partial charge in [-0.05, 0) is 24.3 Å². The highest BCUT2D eigenvalue weighted by atomic mass is 32.2. The summed E-state index contributed by atoms with van der Waals surface area (Å²) in [6.07, 6.45) is 2.73. The van der Waals surface area contributed by atoms with Crippen molar-refractivity contribution in [1.29, 1.82) is 0 Å². The van der Waals surface area contributed by atoms with Gasteiger partial charge in [-0.3, -0.25) is 0 Å². The molecule has 18 heavy (non-hydrogen) atoms. The van der Waals surface area contributed by atoms with Gasteiger partial charge in [0.25, 0.3) is 0 Å². The Morgan fingerprint density at radius 1 is 1.17 bits per heavy atom. The van der Waals surface area contributed by atoms with E-state index < -0.39 is 9.84 Å². The largest absolute Gasteiger partial charge is 0.398 e. The number of hydrogen-bond acceptors (Lipinski definition) is 5. The number of benzene rings is 1. The Morgan fingerprint density at radius 3 is 2.56 bits per heavy atom. The van der Waals surface area contributed by atoms with E-state index in [2.05, 4.69) is 4.98 Å². The molecule has 0 saturated carbocycles. The van der Waals surface area contributed by atoms with Crippen molar-refractivity contribution in [2.45, 2.75) is 14.8 Å². The molecule has 0 radical (unpaired) electrons. The molecule has 0 saturated heterocycles. The number of rotatable bonds is 3. The molecule has 1 aromatic carbocycles. The summed E-state index contributed by atoms with van der Waals surface area (Å²) in [5.41, 5.74) is 6.43. The Labute approximate surface area is 110 Å². The Morgan fingerprint density at radius 2 is 1.89 bits per heavy atom. The van der Waals surface area contributed by atoms with Crippen LogP contribution in [0, 0.1) is 0 Å². The fraction of sp³-hybridized carbons (Fsp3) is 0.0833. The highest BCUT2D eigenvalue weighted by Gasteiger charge is 2.15. The van der Waals surface area contributed by atoms with Gasteiger partial charge in [0.05, 0.1) is 4.90 Å². The lowest BCUT2D eigenvalue weighted by atomic mass is 10.3. The third-order valence-electron chi connectivity index (χ3n) is 2.26. The molecule has 0 atom stereocenters. The predicted molar refractivity (Wildman–Crippen MR) is 72.3 cm³/mol. The summed E-state index contributed by atoms with van der Waals surface area (Å²) >= 11 is 1.25. The van der Waals surface area contributed by atoms with Crippen molar-refractivity contribution < 1.29 is 8.42 Å². The lowest BCUT2D eigenvalue weighted by Crippen LogP contribution is -2.00. The molecular weight excluding hydrogens is 268 g/mol. The molecule has 1 heterocycles. The van der Waals surface area contributed by atoms with E-state index in [0.29, 0.717) is 10.7 Å². The maximum Gasteiger partial charge on any atom is 0.178 e. The minimum Gasteiger partial charge on any atom is -0.398 e. The van der Waals surface area contributed by atoms with E-state index >= 15 is 0 Å². The van der Waals surface area contributed by atoms with Gasteiger partial charge in [0, 0.05) is 23.0 Å². The van der Waals surface area contributed by atoms with Crippen molar-refractivity contribution in [2.24, 2.45) is 0 Å². The van der Waals surface area contributed by atoms with Gasteiger partial charge in [0.2, 0.25) is 0 Å². The number of nitrogen functional groups attached to an aromatic ring is 1. The molecular formula is C12H12N2O2S2. The molecule has 1 aromatic heterocycles. The quantitative estimate of drug-likeness (QED) is 0.873. The standard InChI is InChI=1S/C12H12N2O2S2/c1-18(15,16)11-7-4-8-14-12(11)17-10-6-3-2-5-9(10)13/h2-8H,13H2,1H3. The van der Waals surface area contributed by atoms with Crippen LogP contribution in [-0.4, -0.2) is 19.7 Å². The van der Waals surface area contributed by atoms with Crippen LogP contribution in [0.5, 0.6) is 0 Å². The van der Waals surface area contributed by atoms with Crippen LogP contribution in [0.15, 0.2) is 57.4 Å². The summed E-state index contributed by atoms with van der Waals surface area (Å²) in [4.78, 5) is 5.12. The summed E-state index contributed by atoms with van der Waals surface area (Å²) in [6.45, 7) is 0. The minimum atomic E-state index is -3.29. The number of anilines is 1. The van der Waals surface area contributed by atoms with Gasteiger partial charge in [-0.25, -0.2) is 13.4 Å². The predicted octanol–water partition coefficient (Wildman–Crippen LogP) is 2.22. The molecule has 2 aromatic rings. The SMILES string of the molecule is CS(=O)(=O)c1cccnc1Sc1ccccc1N. The van der Waals surface area contributed by atoms with Gasteiger partial charge in [-0.2, -0.15) is 0 Å². The normalized spacial score (nSPS) is 11.4. The second-order valence-corrected chi connectivity index (χ2v) is 6.73. The number of para-hydroxylation sites is 1. The van der Waals surface area contributed by atoms with Gasteiger partial charge >= 0.3 is 0 Å². The van der Waals surface area contributed by atoms with Gasteiger partial charge in [0.1, 0.15) is 5.03 Å². The zero-order valence-corrected chi connectivity index (χ0v) is 11.3. The van der Waals surface area contributed by atoms with Crippen LogP contribution in [0.3, 0.4) is 0 Å². The maximum absolute atomic E-state index is 11.6. The molecule has 2 N–H and O–H groups in total. The minimum absolute atomic E-state index is 0.221. The molecule has 0 aliphatic heterocycles. The average Bonchev–Trinajstić information content (AvgIpc) is 2.31. The van der Waals surface area contributed by atoms with Crippen molar-refractivity contribution in [1.82, 2.24) is 4.98 Å². The third-order valence-corrected chi connectivity index (χ3v) is 4.63. The Kier molecular flexibility index (Phi) is 3.58. The molecule has 2 rings (SSSR count). The molecule has 94 valence electrons. The summed E-state index contributed by atoms with van der Waals surface area (Å²) in [7, 11) is -3.29. The van der Waals surface area contributed by atoms with Gasteiger partial charge in [-0.15, -0.1) is 0 Å². The molecule has 0 bridgehead atoms. The molecule has 0 unspecified atom stereocenters. The Bertz CT molecular complexity index is 669. The van der Waals surface area contributed by atoms with Crippen LogP contribution in [0.25, 0.3) is 0 Å². The van der Waals surface area contributed by atoms with E-state index in [1.165, 1.54) is 18.0 Å². The molecule has 0 aliphatic rings. The van der Waals surface area contributed by atoms with E-state index in [0.717, 1.165) is 4.90 Å². The molecule has 0 fully saturated rings. The molecule has 6 heteroatoms. The lowest BCUT2D eigenvalue weighted by Gasteiger charge is -2.07. The molecule has 4 nitrogen and oxygen atoms in total. The van der Waals surface area contributed by atoms with Crippen LogP contribution in [0.2, 0.25) is 0 Å². The third kappa shape index (κ3) is 2.83. The zero-order chi connectivity index (χ0) is 13.2. The highest BCUT2D eigenvalue weighted by molar-refractivity contribution is 8.00. The topological polar surface area (TPSA) is 73.0 Å². The van der Waals surface area contributed by atoms with E-state index in [1.807, 2.05) is 18.2 Å². The molecule has 0 amide bonds. The van der Waals surface area contributed by atoms with E-state index in [9.17, 15) is 8.42 Å². The van der Waals surface area contributed by atoms with Crippen LogP contribution >= 0.6 is 11.8 Å². The Balaban J connectivity index is 2.45. The molecule has 0 spiro atoms. The number of aromatic nitrogens is 1. The fourth-order valence-corrected chi connectivity index (χ4v) is 3.51. The van der Waals surface area contributed by atoms with Crippen molar-refractivity contribution >= 4 is 27.3 Å². The summed E-state index contributed by atoms with van der Waals surface area (Å²) in [5.74, 6) is 0. The first kappa shape index (κ1) is 12.9. The van der Waals surface area contributed by atoms with Crippen LogP contribution in [-0.2, 0) is 9.84 Å². The van der Waals surface area contributed by atoms with Gasteiger partial charge in [-0.1, -0.05) is 23.9 Å². The summed E-state index contributed by atoms with van der Waals surface area (Å²) < 4.78 is 23.3. The van der Waals surface area contributed by atoms with Crippen LogP contribution in [0.1, 0.15) is 0 Å². The first-order valence-electron chi connectivity index (χ1n) is 5.16.